The van der Waals surface area contributed by atoms with E-state index in [9.17, 15) is 0 Å². The molecule has 5 aliphatic rings. The minimum absolute atomic E-state index is 1.11. The van der Waals surface area contributed by atoms with Crippen molar-refractivity contribution in [1.29, 1.82) is 0 Å². The Morgan fingerprint density at radius 2 is 0.500 bits per heavy atom. The van der Waals surface area contributed by atoms with Gasteiger partial charge in [0.1, 0.15) is 0 Å². The van der Waals surface area contributed by atoms with Crippen LogP contribution in [-0.2, 0) is 0 Å². The Morgan fingerprint density at radius 1 is 0.233 bits per heavy atom. The first kappa shape index (κ1) is 21.8. The van der Waals surface area contributed by atoms with E-state index in [0.29, 0.717) is 0 Å². The lowest BCUT2D eigenvalue weighted by Gasteiger charge is -2.55. The molecule has 0 radical (unpaired) electrons. The Balaban J connectivity index is 1.45. The van der Waals surface area contributed by atoms with E-state index < -0.39 is 0 Å². The Hall–Kier alpha value is 0. The summed E-state index contributed by atoms with van der Waals surface area (Å²) in [4.78, 5) is 0. The summed E-state index contributed by atoms with van der Waals surface area (Å²) in [6.45, 7) is 0. The molecule has 30 heavy (non-hydrogen) atoms. The molecular weight excluding hydrogens is 360 g/mol. The first-order valence-corrected chi connectivity index (χ1v) is 14.9. The van der Waals surface area contributed by atoms with Crippen molar-refractivity contribution < 1.29 is 0 Å². The maximum absolute atomic E-state index is 1.64. The molecule has 0 aromatic rings. The van der Waals surface area contributed by atoms with Crippen LogP contribution in [0.2, 0.25) is 0 Å². The van der Waals surface area contributed by atoms with E-state index in [-0.39, 0.29) is 0 Å². The van der Waals surface area contributed by atoms with Crippen molar-refractivity contribution in [3.8, 4) is 0 Å². The maximum atomic E-state index is 1.64. The summed E-state index contributed by atoms with van der Waals surface area (Å²) in [7, 11) is 0. The highest BCUT2D eigenvalue weighted by Crippen LogP contribution is 2.58. The predicted octanol–water partition coefficient (Wildman–Crippen LogP) is 9.57. The van der Waals surface area contributed by atoms with Gasteiger partial charge in [-0.05, 0) is 60.2 Å². The summed E-state index contributed by atoms with van der Waals surface area (Å²) in [5, 5.41) is 0. The van der Waals surface area contributed by atoms with Gasteiger partial charge >= 0.3 is 0 Å². The maximum Gasteiger partial charge on any atom is -0.0321 e. The van der Waals surface area contributed by atoms with E-state index in [1.807, 2.05) is 0 Å². The first-order valence-electron chi connectivity index (χ1n) is 14.9. The standard InChI is InChI=1S/C30H52/c1-5-13-23(14-6-1)27-21-22-28(24-15-7-2-8-16-24)30(26-19-11-4-12-20-26)29(27)25-17-9-3-10-18-25/h23-30H,1-22H2/t27-,28+,29-,30-/m1/s1. The van der Waals surface area contributed by atoms with Gasteiger partial charge in [-0.15, -0.1) is 0 Å². The molecule has 0 heterocycles. The molecule has 0 aromatic heterocycles. The van der Waals surface area contributed by atoms with Gasteiger partial charge in [-0.2, -0.15) is 0 Å². The molecule has 0 bridgehead atoms. The van der Waals surface area contributed by atoms with Crippen LogP contribution in [0.25, 0.3) is 0 Å². The lowest BCUT2D eigenvalue weighted by molar-refractivity contribution is -0.0649. The molecule has 4 atom stereocenters. The van der Waals surface area contributed by atoms with Crippen molar-refractivity contribution in [2.24, 2.45) is 47.3 Å². The van der Waals surface area contributed by atoms with E-state index in [2.05, 4.69) is 0 Å². The quantitative estimate of drug-likeness (QED) is 0.431. The third kappa shape index (κ3) is 4.83. The Kier molecular flexibility index (Phi) is 7.82. The molecule has 5 fully saturated rings. The molecule has 0 aromatic carbocycles. The number of hydrogen-bond donors (Lipinski definition) is 0. The zero-order valence-electron chi connectivity index (χ0n) is 20.2. The van der Waals surface area contributed by atoms with Crippen LogP contribution in [0.3, 0.4) is 0 Å². The Labute approximate surface area is 188 Å². The minimum Gasteiger partial charge on any atom is -0.0533 e. The molecule has 0 N–H and O–H groups in total. The normalized spacial score (nSPS) is 39.2. The van der Waals surface area contributed by atoms with Gasteiger partial charge in [0, 0.05) is 0 Å². The third-order valence-electron chi connectivity index (χ3n) is 11.2. The summed E-state index contributed by atoms with van der Waals surface area (Å²) >= 11 is 0. The average molecular weight is 413 g/mol. The Morgan fingerprint density at radius 3 is 0.800 bits per heavy atom. The molecule has 0 aliphatic heterocycles. The van der Waals surface area contributed by atoms with E-state index in [4.69, 9.17) is 0 Å². The van der Waals surface area contributed by atoms with Gasteiger partial charge in [0.15, 0.2) is 0 Å². The predicted molar refractivity (Wildman–Crippen MR) is 129 cm³/mol. The second kappa shape index (κ2) is 10.7. The van der Waals surface area contributed by atoms with E-state index in [1.54, 1.807) is 116 Å². The summed E-state index contributed by atoms with van der Waals surface area (Å²) in [5.41, 5.74) is 0. The van der Waals surface area contributed by atoms with Gasteiger partial charge in [-0.25, -0.2) is 0 Å². The average Bonchev–Trinajstić information content (AvgIpc) is 2.85. The van der Waals surface area contributed by atoms with Gasteiger partial charge in [-0.1, -0.05) is 128 Å². The van der Waals surface area contributed by atoms with Gasteiger partial charge < -0.3 is 0 Å². The molecule has 5 rings (SSSR count). The summed E-state index contributed by atoms with van der Waals surface area (Å²) in [6, 6.07) is 0. The smallest absolute Gasteiger partial charge is 0.0321 e. The van der Waals surface area contributed by atoms with Crippen LogP contribution in [0.4, 0.5) is 0 Å². The molecular formula is C30H52. The lowest BCUT2D eigenvalue weighted by Crippen LogP contribution is -2.48. The van der Waals surface area contributed by atoms with E-state index in [0.717, 1.165) is 47.3 Å². The van der Waals surface area contributed by atoms with Crippen molar-refractivity contribution in [2.45, 2.75) is 141 Å². The van der Waals surface area contributed by atoms with Crippen molar-refractivity contribution in [3.63, 3.8) is 0 Å². The molecule has 0 saturated heterocycles. The second-order valence-corrected chi connectivity index (χ2v) is 12.7. The monoisotopic (exact) mass is 412 g/mol. The van der Waals surface area contributed by atoms with Crippen LogP contribution >= 0.6 is 0 Å². The lowest BCUT2D eigenvalue weighted by atomic mass is 9.50. The molecule has 0 heteroatoms. The van der Waals surface area contributed by atoms with Crippen molar-refractivity contribution in [3.05, 3.63) is 0 Å². The van der Waals surface area contributed by atoms with Gasteiger partial charge in [0.2, 0.25) is 0 Å². The van der Waals surface area contributed by atoms with Crippen molar-refractivity contribution in [2.75, 3.05) is 0 Å². The van der Waals surface area contributed by atoms with Crippen LogP contribution in [0, 0.1) is 47.3 Å². The third-order valence-corrected chi connectivity index (χ3v) is 11.2. The van der Waals surface area contributed by atoms with Crippen LogP contribution < -0.4 is 0 Å². The number of rotatable bonds is 4. The Bertz CT molecular complexity index is 438. The van der Waals surface area contributed by atoms with Gasteiger partial charge in [0.05, 0.1) is 0 Å². The SMILES string of the molecule is C1CCC([C@H]2[C@H](C3CCCCC3)[C@H](C3CCCCC3)CC[C@@H]2C2CCCCC2)CC1. The topological polar surface area (TPSA) is 0 Å². The molecule has 172 valence electrons. The highest BCUT2D eigenvalue weighted by molar-refractivity contribution is 4.99. The van der Waals surface area contributed by atoms with Crippen LogP contribution in [-0.4, -0.2) is 0 Å². The van der Waals surface area contributed by atoms with Crippen molar-refractivity contribution >= 4 is 0 Å². The molecule has 0 amide bonds. The van der Waals surface area contributed by atoms with E-state index in [1.165, 1.54) is 25.7 Å². The molecule has 0 spiro atoms. The molecule has 0 unspecified atom stereocenters. The first-order chi connectivity index (χ1) is 14.9. The van der Waals surface area contributed by atoms with Crippen LogP contribution in [0.5, 0.6) is 0 Å². The van der Waals surface area contributed by atoms with Gasteiger partial charge in [0.25, 0.3) is 0 Å². The zero-order valence-corrected chi connectivity index (χ0v) is 20.2. The van der Waals surface area contributed by atoms with Crippen LogP contribution in [0.15, 0.2) is 0 Å². The number of hydrogen-bond acceptors (Lipinski definition) is 0. The second-order valence-electron chi connectivity index (χ2n) is 12.7. The molecule has 0 nitrogen and oxygen atoms in total. The fraction of sp³-hybridized carbons (Fsp3) is 1.00. The largest absolute Gasteiger partial charge is 0.0533 e. The summed E-state index contributed by atoms with van der Waals surface area (Å²) in [6.07, 6.45) is 34.7. The molecule has 5 saturated carbocycles. The summed E-state index contributed by atoms with van der Waals surface area (Å²) < 4.78 is 0. The van der Waals surface area contributed by atoms with Gasteiger partial charge in [-0.3, -0.25) is 0 Å². The highest BCUT2D eigenvalue weighted by atomic mass is 14.5. The highest BCUT2D eigenvalue weighted by Gasteiger charge is 2.50. The fourth-order valence-corrected chi connectivity index (χ4v) is 9.93. The zero-order chi connectivity index (χ0) is 20.2. The summed E-state index contributed by atoms with van der Waals surface area (Å²) in [5.74, 6) is 8.98. The molecule has 5 aliphatic carbocycles. The fourth-order valence-electron chi connectivity index (χ4n) is 9.93. The van der Waals surface area contributed by atoms with Crippen molar-refractivity contribution in [1.82, 2.24) is 0 Å². The van der Waals surface area contributed by atoms with Crippen LogP contribution in [0.1, 0.15) is 141 Å². The minimum atomic E-state index is 1.11. The van der Waals surface area contributed by atoms with E-state index >= 15 is 0 Å².